The van der Waals surface area contributed by atoms with E-state index in [1.807, 2.05) is 39.1 Å². The minimum atomic E-state index is -0.200. The maximum atomic E-state index is 6.06. The molecular formula is C13H22N2O. The Morgan fingerprint density at radius 3 is 2.50 bits per heavy atom. The lowest BCUT2D eigenvalue weighted by molar-refractivity contribution is 0.369. The molecule has 0 saturated heterocycles. The molecule has 90 valence electrons. The van der Waals surface area contributed by atoms with Gasteiger partial charge >= 0.3 is 0 Å². The van der Waals surface area contributed by atoms with Gasteiger partial charge in [0.1, 0.15) is 5.75 Å². The number of rotatable bonds is 5. The van der Waals surface area contributed by atoms with E-state index in [9.17, 15) is 0 Å². The van der Waals surface area contributed by atoms with E-state index in [0.717, 1.165) is 17.7 Å². The Bertz CT molecular complexity index is 331. The molecule has 0 heterocycles. The zero-order valence-electron chi connectivity index (χ0n) is 10.6. The van der Waals surface area contributed by atoms with E-state index in [-0.39, 0.29) is 11.6 Å². The third-order valence-corrected chi connectivity index (χ3v) is 2.59. The SMILES string of the molecule is CNC(CC(C)(C)N)c1ccccc1OC. The largest absolute Gasteiger partial charge is 0.496 e. The first-order chi connectivity index (χ1) is 7.48. The van der Waals surface area contributed by atoms with Gasteiger partial charge in [-0.2, -0.15) is 0 Å². The van der Waals surface area contributed by atoms with Gasteiger partial charge in [-0.25, -0.2) is 0 Å². The fourth-order valence-corrected chi connectivity index (χ4v) is 1.85. The van der Waals surface area contributed by atoms with Crippen LogP contribution < -0.4 is 15.8 Å². The minimum absolute atomic E-state index is 0.200. The summed E-state index contributed by atoms with van der Waals surface area (Å²) in [6, 6.07) is 8.26. The molecule has 3 N–H and O–H groups in total. The average molecular weight is 222 g/mol. The summed E-state index contributed by atoms with van der Waals surface area (Å²) >= 11 is 0. The van der Waals surface area contributed by atoms with Crippen LogP contribution in [-0.2, 0) is 0 Å². The Labute approximate surface area is 98.0 Å². The van der Waals surface area contributed by atoms with E-state index < -0.39 is 0 Å². The summed E-state index contributed by atoms with van der Waals surface area (Å²) in [6.07, 6.45) is 0.865. The molecular weight excluding hydrogens is 200 g/mol. The van der Waals surface area contributed by atoms with Gasteiger partial charge in [0.2, 0.25) is 0 Å². The van der Waals surface area contributed by atoms with Gasteiger partial charge in [-0.3, -0.25) is 0 Å². The third kappa shape index (κ3) is 3.51. The minimum Gasteiger partial charge on any atom is -0.496 e. The van der Waals surface area contributed by atoms with Gasteiger partial charge in [0, 0.05) is 17.1 Å². The van der Waals surface area contributed by atoms with Crippen molar-refractivity contribution < 1.29 is 4.74 Å². The normalized spacial score (nSPS) is 13.6. The van der Waals surface area contributed by atoms with Crippen LogP contribution in [0.1, 0.15) is 31.9 Å². The fourth-order valence-electron chi connectivity index (χ4n) is 1.85. The predicted molar refractivity (Wildman–Crippen MR) is 67.7 cm³/mol. The highest BCUT2D eigenvalue weighted by molar-refractivity contribution is 5.36. The van der Waals surface area contributed by atoms with Gasteiger partial charge in [0.05, 0.1) is 7.11 Å². The van der Waals surface area contributed by atoms with E-state index in [0.29, 0.717) is 0 Å². The Morgan fingerprint density at radius 1 is 1.38 bits per heavy atom. The molecule has 16 heavy (non-hydrogen) atoms. The van der Waals surface area contributed by atoms with Crippen molar-refractivity contribution >= 4 is 0 Å². The van der Waals surface area contributed by atoms with E-state index >= 15 is 0 Å². The van der Waals surface area contributed by atoms with Gasteiger partial charge in [-0.1, -0.05) is 18.2 Å². The van der Waals surface area contributed by atoms with Crippen LogP contribution in [0.5, 0.6) is 5.75 Å². The predicted octanol–water partition coefficient (Wildman–Crippen LogP) is 2.08. The first-order valence-corrected chi connectivity index (χ1v) is 5.57. The van der Waals surface area contributed by atoms with E-state index in [2.05, 4.69) is 11.4 Å². The smallest absolute Gasteiger partial charge is 0.123 e. The quantitative estimate of drug-likeness (QED) is 0.802. The number of nitrogens with one attached hydrogen (secondary N) is 1. The van der Waals surface area contributed by atoms with E-state index in [1.54, 1.807) is 7.11 Å². The Kier molecular flexibility index (Phi) is 4.33. The molecule has 1 unspecified atom stereocenters. The second-order valence-corrected chi connectivity index (χ2v) is 4.78. The van der Waals surface area contributed by atoms with Gasteiger partial charge in [0.15, 0.2) is 0 Å². The molecule has 1 aromatic carbocycles. The molecule has 3 heteroatoms. The highest BCUT2D eigenvalue weighted by Crippen LogP contribution is 2.29. The van der Waals surface area contributed by atoms with E-state index in [1.165, 1.54) is 0 Å². The zero-order valence-corrected chi connectivity index (χ0v) is 10.6. The van der Waals surface area contributed by atoms with Crippen molar-refractivity contribution in [3.05, 3.63) is 29.8 Å². The summed E-state index contributed by atoms with van der Waals surface area (Å²) in [5.74, 6) is 0.908. The van der Waals surface area contributed by atoms with Gasteiger partial charge in [0.25, 0.3) is 0 Å². The number of methoxy groups -OCH3 is 1. The molecule has 0 aliphatic carbocycles. The summed E-state index contributed by atoms with van der Waals surface area (Å²) in [7, 11) is 3.64. The molecule has 0 radical (unpaired) electrons. The molecule has 0 saturated carbocycles. The standard InChI is InChI=1S/C13H22N2O/c1-13(2,14)9-11(15-3)10-7-5-6-8-12(10)16-4/h5-8,11,15H,9,14H2,1-4H3. The molecule has 0 aromatic heterocycles. The maximum Gasteiger partial charge on any atom is 0.123 e. The van der Waals surface area contributed by atoms with Crippen LogP contribution in [0.15, 0.2) is 24.3 Å². The van der Waals surface area contributed by atoms with Crippen molar-refractivity contribution in [2.24, 2.45) is 5.73 Å². The van der Waals surface area contributed by atoms with Gasteiger partial charge in [-0.15, -0.1) is 0 Å². The Morgan fingerprint density at radius 2 is 2.00 bits per heavy atom. The van der Waals surface area contributed by atoms with Gasteiger partial charge in [-0.05, 0) is 33.4 Å². The van der Waals surface area contributed by atoms with Crippen molar-refractivity contribution in [2.75, 3.05) is 14.2 Å². The van der Waals surface area contributed by atoms with Crippen LogP contribution in [0.2, 0.25) is 0 Å². The summed E-state index contributed by atoms with van der Waals surface area (Å²) in [4.78, 5) is 0. The van der Waals surface area contributed by atoms with Crippen LogP contribution in [0, 0.1) is 0 Å². The van der Waals surface area contributed by atoms with Crippen LogP contribution in [-0.4, -0.2) is 19.7 Å². The molecule has 0 aliphatic rings. The van der Waals surface area contributed by atoms with E-state index in [4.69, 9.17) is 10.5 Å². The number of hydrogen-bond donors (Lipinski definition) is 2. The summed E-state index contributed by atoms with van der Waals surface area (Å²) < 4.78 is 5.36. The fraction of sp³-hybridized carbons (Fsp3) is 0.538. The van der Waals surface area contributed by atoms with Crippen LogP contribution in [0.3, 0.4) is 0 Å². The van der Waals surface area contributed by atoms with Crippen LogP contribution in [0.25, 0.3) is 0 Å². The van der Waals surface area contributed by atoms with Crippen molar-refractivity contribution in [2.45, 2.75) is 31.8 Å². The van der Waals surface area contributed by atoms with Crippen LogP contribution >= 0.6 is 0 Å². The number of ether oxygens (including phenoxy) is 1. The zero-order chi connectivity index (χ0) is 12.2. The topological polar surface area (TPSA) is 47.3 Å². The Hall–Kier alpha value is -1.06. The Balaban J connectivity index is 2.94. The number of para-hydroxylation sites is 1. The number of nitrogens with two attached hydrogens (primary N) is 1. The summed E-state index contributed by atoms with van der Waals surface area (Å²) in [5.41, 5.74) is 7.02. The monoisotopic (exact) mass is 222 g/mol. The van der Waals surface area contributed by atoms with Crippen LogP contribution in [0.4, 0.5) is 0 Å². The maximum absolute atomic E-state index is 6.06. The summed E-state index contributed by atoms with van der Waals surface area (Å²) in [6.45, 7) is 4.07. The molecule has 0 bridgehead atoms. The number of benzene rings is 1. The first-order valence-electron chi connectivity index (χ1n) is 5.57. The third-order valence-electron chi connectivity index (χ3n) is 2.59. The molecule has 1 rings (SSSR count). The average Bonchev–Trinajstić information content (AvgIpc) is 2.24. The lowest BCUT2D eigenvalue weighted by Crippen LogP contribution is -2.36. The molecule has 0 fully saturated rings. The summed E-state index contributed by atoms with van der Waals surface area (Å²) in [5, 5.41) is 3.29. The van der Waals surface area contributed by atoms with Crippen molar-refractivity contribution in [3.63, 3.8) is 0 Å². The number of hydrogen-bond acceptors (Lipinski definition) is 3. The lowest BCUT2D eigenvalue weighted by Gasteiger charge is -2.27. The molecule has 0 spiro atoms. The molecule has 1 atom stereocenters. The van der Waals surface area contributed by atoms with Crippen molar-refractivity contribution in [1.82, 2.24) is 5.32 Å². The highest BCUT2D eigenvalue weighted by Gasteiger charge is 2.21. The lowest BCUT2D eigenvalue weighted by atomic mass is 9.91. The van der Waals surface area contributed by atoms with Crippen molar-refractivity contribution in [1.29, 1.82) is 0 Å². The second kappa shape index (κ2) is 5.32. The molecule has 0 aliphatic heterocycles. The van der Waals surface area contributed by atoms with Gasteiger partial charge < -0.3 is 15.8 Å². The highest BCUT2D eigenvalue weighted by atomic mass is 16.5. The molecule has 0 amide bonds. The molecule has 3 nitrogen and oxygen atoms in total. The first kappa shape index (κ1) is 13.0. The van der Waals surface area contributed by atoms with Crippen molar-refractivity contribution in [3.8, 4) is 5.75 Å². The molecule has 1 aromatic rings. The second-order valence-electron chi connectivity index (χ2n) is 4.78.